The molecule has 6 heteroatoms. The Morgan fingerprint density at radius 1 is 1.07 bits per heavy atom. The molecule has 1 N–H and O–H groups in total. The van der Waals surface area contributed by atoms with Gasteiger partial charge in [-0.05, 0) is 42.7 Å². The number of amides is 1. The molecule has 0 radical (unpaired) electrons. The Morgan fingerprint density at radius 2 is 1.79 bits per heavy atom. The molecule has 1 aromatic heterocycles. The van der Waals surface area contributed by atoms with Crippen molar-refractivity contribution in [2.45, 2.75) is 38.1 Å². The Balaban J connectivity index is 1.34. The summed E-state index contributed by atoms with van der Waals surface area (Å²) in [6, 6.07) is 13.4. The van der Waals surface area contributed by atoms with Crippen molar-refractivity contribution in [3.63, 3.8) is 0 Å². The number of carbonyl (C=O) groups is 3. The SMILES string of the molecule is O=C(COC(=O)C1C[C@H]2CCC[C@@H](C1)C2=O)N[C@@H](c1ccccc1)c1cccs1. The highest BCUT2D eigenvalue weighted by Gasteiger charge is 2.41. The maximum absolute atomic E-state index is 12.5. The Morgan fingerprint density at radius 3 is 2.45 bits per heavy atom. The number of Topliss-reactive ketones (excluding diaryl/α,β-unsaturated/α-hetero) is 1. The predicted octanol–water partition coefficient (Wildman–Crippen LogP) is 3.89. The summed E-state index contributed by atoms with van der Waals surface area (Å²) < 4.78 is 5.34. The molecule has 4 rings (SSSR count). The van der Waals surface area contributed by atoms with Crippen molar-refractivity contribution in [1.82, 2.24) is 5.32 Å². The third kappa shape index (κ3) is 4.58. The van der Waals surface area contributed by atoms with Crippen molar-refractivity contribution in [2.24, 2.45) is 17.8 Å². The molecule has 2 aliphatic carbocycles. The lowest BCUT2D eigenvalue weighted by Crippen LogP contribution is -2.40. The van der Waals surface area contributed by atoms with E-state index >= 15 is 0 Å². The van der Waals surface area contributed by atoms with Crippen molar-refractivity contribution in [3.8, 4) is 0 Å². The van der Waals surface area contributed by atoms with Crippen LogP contribution in [0.2, 0.25) is 0 Å². The van der Waals surface area contributed by atoms with Gasteiger partial charge in [0.05, 0.1) is 12.0 Å². The van der Waals surface area contributed by atoms with Gasteiger partial charge < -0.3 is 10.1 Å². The lowest BCUT2D eigenvalue weighted by atomic mass is 9.67. The van der Waals surface area contributed by atoms with Crippen LogP contribution in [0.1, 0.15) is 48.6 Å². The van der Waals surface area contributed by atoms with E-state index in [1.165, 1.54) is 0 Å². The first-order chi connectivity index (χ1) is 14.1. The van der Waals surface area contributed by atoms with Crippen LogP contribution in [-0.2, 0) is 19.1 Å². The highest BCUT2D eigenvalue weighted by molar-refractivity contribution is 7.10. The second kappa shape index (κ2) is 8.91. The van der Waals surface area contributed by atoms with Crippen LogP contribution in [-0.4, -0.2) is 24.3 Å². The summed E-state index contributed by atoms with van der Waals surface area (Å²) in [5.41, 5.74) is 0.980. The topological polar surface area (TPSA) is 72.5 Å². The van der Waals surface area contributed by atoms with Gasteiger partial charge in [-0.15, -0.1) is 11.3 Å². The fraction of sp³-hybridized carbons (Fsp3) is 0.435. The number of thiophene rings is 1. The van der Waals surface area contributed by atoms with Gasteiger partial charge in [-0.1, -0.05) is 42.8 Å². The Hall–Kier alpha value is -2.47. The number of esters is 1. The van der Waals surface area contributed by atoms with Crippen LogP contribution in [0.4, 0.5) is 0 Å². The van der Waals surface area contributed by atoms with Gasteiger partial charge in [0, 0.05) is 16.7 Å². The van der Waals surface area contributed by atoms with Crippen molar-refractivity contribution < 1.29 is 19.1 Å². The Kier molecular flexibility index (Phi) is 6.09. The highest BCUT2D eigenvalue weighted by Crippen LogP contribution is 2.40. The van der Waals surface area contributed by atoms with E-state index < -0.39 is 0 Å². The lowest BCUT2D eigenvalue weighted by Gasteiger charge is -2.36. The number of hydrogen-bond acceptors (Lipinski definition) is 5. The molecule has 1 heterocycles. The molecule has 29 heavy (non-hydrogen) atoms. The fourth-order valence-electron chi connectivity index (χ4n) is 4.55. The molecule has 2 fully saturated rings. The standard InChI is InChI=1S/C23H25NO4S/c25-20(24-21(19-10-5-11-29-19)15-6-2-1-3-7-15)14-28-23(27)18-12-16-8-4-9-17(13-18)22(16)26/h1-3,5-7,10-11,16-18,21H,4,8-9,12-14H2,(H,24,25)/t16-,17+,18?,21-/m0/s1. The van der Waals surface area contributed by atoms with Gasteiger partial charge in [0.2, 0.25) is 0 Å². The highest BCUT2D eigenvalue weighted by atomic mass is 32.1. The maximum Gasteiger partial charge on any atom is 0.309 e. The summed E-state index contributed by atoms with van der Waals surface area (Å²) in [5, 5.41) is 4.95. The zero-order valence-corrected chi connectivity index (χ0v) is 17.0. The van der Waals surface area contributed by atoms with Crippen LogP contribution >= 0.6 is 11.3 Å². The molecule has 0 spiro atoms. The molecule has 0 saturated heterocycles. The van der Waals surface area contributed by atoms with E-state index in [4.69, 9.17) is 4.74 Å². The van der Waals surface area contributed by atoms with Gasteiger partial charge in [-0.25, -0.2) is 0 Å². The van der Waals surface area contributed by atoms with Gasteiger partial charge in [-0.2, -0.15) is 0 Å². The molecule has 1 unspecified atom stereocenters. The van der Waals surface area contributed by atoms with Gasteiger partial charge in [0.25, 0.3) is 5.91 Å². The molecule has 1 amide bonds. The van der Waals surface area contributed by atoms with E-state index in [0.29, 0.717) is 18.6 Å². The van der Waals surface area contributed by atoms with Crippen molar-refractivity contribution in [1.29, 1.82) is 0 Å². The smallest absolute Gasteiger partial charge is 0.309 e. The first-order valence-electron chi connectivity index (χ1n) is 10.2. The van der Waals surface area contributed by atoms with Crippen molar-refractivity contribution >= 4 is 29.0 Å². The van der Waals surface area contributed by atoms with Crippen LogP contribution in [0.15, 0.2) is 47.8 Å². The number of nitrogens with one attached hydrogen (secondary N) is 1. The Labute approximate surface area is 174 Å². The summed E-state index contributed by atoms with van der Waals surface area (Å²) in [6.07, 6.45) is 3.95. The molecule has 152 valence electrons. The molecular weight excluding hydrogens is 386 g/mol. The van der Waals surface area contributed by atoms with Gasteiger partial charge >= 0.3 is 5.97 Å². The molecule has 2 bridgehead atoms. The van der Waals surface area contributed by atoms with Crippen LogP contribution in [0.3, 0.4) is 0 Å². The van der Waals surface area contributed by atoms with Gasteiger partial charge in [0.1, 0.15) is 5.78 Å². The normalized spacial score (nSPS) is 24.6. The predicted molar refractivity (Wildman–Crippen MR) is 110 cm³/mol. The van der Waals surface area contributed by atoms with Crippen LogP contribution < -0.4 is 5.32 Å². The van der Waals surface area contributed by atoms with Gasteiger partial charge in [0.15, 0.2) is 6.61 Å². The number of benzene rings is 1. The molecule has 4 atom stereocenters. The number of carbonyl (C=O) groups excluding carboxylic acids is 3. The van der Waals surface area contributed by atoms with E-state index in [9.17, 15) is 14.4 Å². The number of ether oxygens (including phenoxy) is 1. The third-order valence-electron chi connectivity index (χ3n) is 5.99. The monoisotopic (exact) mass is 411 g/mol. The molecule has 1 aromatic carbocycles. The average molecular weight is 412 g/mol. The number of fused-ring (bicyclic) bond motifs is 2. The van der Waals surface area contributed by atoms with E-state index in [0.717, 1.165) is 29.7 Å². The van der Waals surface area contributed by atoms with Crippen LogP contribution in [0.25, 0.3) is 0 Å². The summed E-state index contributed by atoms with van der Waals surface area (Å²) in [5.74, 6) is -0.632. The molecule has 0 aliphatic heterocycles. The molecule has 2 saturated carbocycles. The zero-order valence-electron chi connectivity index (χ0n) is 16.2. The van der Waals surface area contributed by atoms with Gasteiger partial charge in [-0.3, -0.25) is 14.4 Å². The minimum atomic E-state index is -0.350. The summed E-state index contributed by atoms with van der Waals surface area (Å²) in [6.45, 7) is -0.298. The minimum Gasteiger partial charge on any atom is -0.455 e. The maximum atomic E-state index is 12.5. The largest absolute Gasteiger partial charge is 0.455 e. The quantitative estimate of drug-likeness (QED) is 0.732. The fourth-order valence-corrected chi connectivity index (χ4v) is 5.35. The second-order valence-electron chi connectivity index (χ2n) is 7.93. The molecule has 2 aliphatic rings. The summed E-state index contributed by atoms with van der Waals surface area (Å²) >= 11 is 1.57. The van der Waals surface area contributed by atoms with Crippen molar-refractivity contribution in [3.05, 3.63) is 58.3 Å². The first-order valence-corrected chi connectivity index (χ1v) is 11.1. The molecular formula is C23H25NO4S. The van der Waals surface area contributed by atoms with Crippen LogP contribution in [0.5, 0.6) is 0 Å². The number of ketones is 1. The zero-order chi connectivity index (χ0) is 20.2. The lowest BCUT2D eigenvalue weighted by molar-refractivity contribution is -0.156. The third-order valence-corrected chi connectivity index (χ3v) is 6.93. The minimum absolute atomic E-state index is 0.00448. The Bertz CT molecular complexity index is 848. The number of hydrogen-bond donors (Lipinski definition) is 1. The molecule has 2 aromatic rings. The average Bonchev–Trinajstić information content (AvgIpc) is 3.25. The second-order valence-corrected chi connectivity index (χ2v) is 8.91. The number of rotatable bonds is 6. The molecule has 5 nitrogen and oxygen atoms in total. The summed E-state index contributed by atoms with van der Waals surface area (Å²) in [4.78, 5) is 38.3. The van der Waals surface area contributed by atoms with E-state index in [2.05, 4.69) is 5.32 Å². The van der Waals surface area contributed by atoms with E-state index in [1.807, 2.05) is 47.8 Å². The van der Waals surface area contributed by atoms with E-state index in [1.54, 1.807) is 11.3 Å². The summed E-state index contributed by atoms with van der Waals surface area (Å²) in [7, 11) is 0. The van der Waals surface area contributed by atoms with E-state index in [-0.39, 0.29) is 42.3 Å². The van der Waals surface area contributed by atoms with Crippen molar-refractivity contribution in [2.75, 3.05) is 6.61 Å². The first kappa shape index (κ1) is 19.8. The van der Waals surface area contributed by atoms with Crippen LogP contribution in [0, 0.1) is 17.8 Å².